The number of nitrogens with one attached hydrogen (secondary N) is 2. The first-order valence-corrected chi connectivity index (χ1v) is 6.99. The van der Waals surface area contributed by atoms with Crippen molar-refractivity contribution in [2.24, 2.45) is 0 Å². The van der Waals surface area contributed by atoms with Crippen molar-refractivity contribution in [1.29, 1.82) is 0 Å². The minimum atomic E-state index is -0.000147. The van der Waals surface area contributed by atoms with Crippen molar-refractivity contribution in [1.82, 2.24) is 15.5 Å². The molecule has 0 aromatic heterocycles. The van der Waals surface area contributed by atoms with Crippen molar-refractivity contribution < 1.29 is 9.53 Å². The van der Waals surface area contributed by atoms with Crippen LogP contribution in [-0.2, 0) is 17.8 Å². The molecule has 1 aromatic carbocycles. The molecule has 1 aromatic rings. The summed E-state index contributed by atoms with van der Waals surface area (Å²) in [7, 11) is 3.71. The maximum absolute atomic E-state index is 12.1. The molecule has 0 fully saturated rings. The van der Waals surface area contributed by atoms with Crippen LogP contribution in [0.1, 0.15) is 21.5 Å². The molecule has 0 bridgehead atoms. The number of carbonyl (C=O) groups is 1. The van der Waals surface area contributed by atoms with E-state index >= 15 is 0 Å². The van der Waals surface area contributed by atoms with Gasteiger partial charge in [0.05, 0.1) is 6.61 Å². The second-order valence-electron chi connectivity index (χ2n) is 5.14. The van der Waals surface area contributed by atoms with Gasteiger partial charge in [-0.2, -0.15) is 0 Å². The van der Waals surface area contributed by atoms with Crippen LogP contribution < -0.4 is 10.6 Å². The average molecular weight is 350 g/mol. The second-order valence-corrected chi connectivity index (χ2v) is 5.14. The van der Waals surface area contributed by atoms with Gasteiger partial charge in [0, 0.05) is 45.4 Å². The summed E-state index contributed by atoms with van der Waals surface area (Å²) in [6.07, 6.45) is 0. The third-order valence-corrected chi connectivity index (χ3v) is 3.56. The van der Waals surface area contributed by atoms with Crippen molar-refractivity contribution >= 4 is 30.7 Å². The van der Waals surface area contributed by atoms with Crippen molar-refractivity contribution in [3.8, 4) is 0 Å². The highest BCUT2D eigenvalue weighted by atomic mass is 35.5. The normalized spacial score (nSPS) is 12.3. The van der Waals surface area contributed by atoms with Crippen LogP contribution in [0, 0.1) is 0 Å². The number of nitrogens with zero attached hydrogens (tertiary/aromatic N) is 1. The number of hydrogen-bond acceptors (Lipinski definition) is 4. The molecule has 1 aliphatic rings. The third-order valence-electron chi connectivity index (χ3n) is 3.56. The standard InChI is InChI=1S/C15H23N3O2.2ClH/c1-18(7-8-20-2)6-5-17-15(19)12-3-4-13-10-16-11-14(13)9-12;;/h3-4,9,16H,5-8,10-11H2,1-2H3,(H,17,19);2*1H. The summed E-state index contributed by atoms with van der Waals surface area (Å²) in [5, 5.41) is 6.24. The zero-order valence-corrected chi connectivity index (χ0v) is 14.7. The fraction of sp³-hybridized carbons (Fsp3) is 0.533. The second kappa shape index (κ2) is 10.8. The summed E-state index contributed by atoms with van der Waals surface area (Å²) < 4.78 is 5.02. The zero-order valence-electron chi connectivity index (χ0n) is 13.1. The van der Waals surface area contributed by atoms with Crippen molar-refractivity contribution in [2.45, 2.75) is 13.1 Å². The van der Waals surface area contributed by atoms with Crippen LogP contribution in [0.2, 0.25) is 0 Å². The summed E-state index contributed by atoms with van der Waals surface area (Å²) in [5.74, 6) is -0.000147. The smallest absolute Gasteiger partial charge is 0.251 e. The third kappa shape index (κ3) is 6.10. The first kappa shape index (κ1) is 21.1. The Morgan fingerprint density at radius 2 is 2.00 bits per heavy atom. The molecule has 0 aliphatic carbocycles. The molecule has 2 rings (SSSR count). The molecular weight excluding hydrogens is 325 g/mol. The van der Waals surface area contributed by atoms with E-state index in [-0.39, 0.29) is 30.7 Å². The summed E-state index contributed by atoms with van der Waals surface area (Å²) in [6.45, 7) is 4.81. The quantitative estimate of drug-likeness (QED) is 0.782. The fourth-order valence-corrected chi connectivity index (χ4v) is 2.26. The van der Waals surface area contributed by atoms with E-state index in [9.17, 15) is 4.79 Å². The number of methoxy groups -OCH3 is 1. The highest BCUT2D eigenvalue weighted by Gasteiger charge is 2.13. The van der Waals surface area contributed by atoms with E-state index in [1.807, 2.05) is 25.2 Å². The van der Waals surface area contributed by atoms with Gasteiger partial charge in [-0.25, -0.2) is 0 Å². The minimum absolute atomic E-state index is 0. The number of hydrogen-bond donors (Lipinski definition) is 2. The zero-order chi connectivity index (χ0) is 14.4. The number of rotatable bonds is 7. The number of fused-ring (bicyclic) bond motifs is 1. The van der Waals surface area contributed by atoms with Crippen LogP contribution in [0.25, 0.3) is 0 Å². The van der Waals surface area contributed by atoms with E-state index in [1.54, 1.807) is 7.11 Å². The number of halogens is 2. The highest BCUT2D eigenvalue weighted by molar-refractivity contribution is 5.94. The number of amides is 1. The molecular formula is C15H25Cl2N3O2. The van der Waals surface area contributed by atoms with Gasteiger partial charge in [0.1, 0.15) is 0 Å². The first-order chi connectivity index (χ1) is 9.70. The van der Waals surface area contributed by atoms with Gasteiger partial charge in [-0.15, -0.1) is 24.8 Å². The summed E-state index contributed by atoms with van der Waals surface area (Å²) in [5.41, 5.74) is 3.27. The molecule has 1 heterocycles. The van der Waals surface area contributed by atoms with Gasteiger partial charge < -0.3 is 20.3 Å². The first-order valence-electron chi connectivity index (χ1n) is 6.99. The Hall–Kier alpha value is -0.850. The van der Waals surface area contributed by atoms with Crippen LogP contribution in [0.15, 0.2) is 18.2 Å². The van der Waals surface area contributed by atoms with Gasteiger partial charge in [-0.05, 0) is 30.3 Å². The topological polar surface area (TPSA) is 53.6 Å². The van der Waals surface area contributed by atoms with Gasteiger partial charge in [0.15, 0.2) is 0 Å². The Bertz CT molecular complexity index is 472. The maximum atomic E-state index is 12.1. The van der Waals surface area contributed by atoms with E-state index in [0.717, 1.165) is 31.7 Å². The van der Waals surface area contributed by atoms with E-state index in [1.165, 1.54) is 11.1 Å². The Kier molecular flexibility index (Phi) is 10.4. The van der Waals surface area contributed by atoms with Gasteiger partial charge in [0.2, 0.25) is 0 Å². The molecule has 0 unspecified atom stereocenters. The van der Waals surface area contributed by atoms with E-state index in [2.05, 4.69) is 15.5 Å². The lowest BCUT2D eigenvalue weighted by atomic mass is 10.1. The Morgan fingerprint density at radius 3 is 2.73 bits per heavy atom. The number of ether oxygens (including phenoxy) is 1. The highest BCUT2D eigenvalue weighted by Crippen LogP contribution is 2.16. The van der Waals surface area contributed by atoms with Gasteiger partial charge >= 0.3 is 0 Å². The molecule has 7 heteroatoms. The predicted octanol–water partition coefficient (Wildman–Crippen LogP) is 1.44. The van der Waals surface area contributed by atoms with Gasteiger partial charge in [0.25, 0.3) is 5.91 Å². The van der Waals surface area contributed by atoms with Crippen molar-refractivity contribution in [3.63, 3.8) is 0 Å². The Morgan fingerprint density at radius 1 is 1.27 bits per heavy atom. The van der Waals surface area contributed by atoms with Crippen LogP contribution in [0.4, 0.5) is 0 Å². The molecule has 0 radical (unpaired) electrons. The minimum Gasteiger partial charge on any atom is -0.383 e. The SMILES string of the molecule is COCCN(C)CCNC(=O)c1ccc2c(c1)CNC2.Cl.Cl. The van der Waals surface area contributed by atoms with Crippen LogP contribution >= 0.6 is 24.8 Å². The molecule has 126 valence electrons. The molecule has 1 aliphatic heterocycles. The molecule has 0 atom stereocenters. The summed E-state index contributed by atoms with van der Waals surface area (Å²) in [6, 6.07) is 5.92. The molecule has 0 saturated heterocycles. The van der Waals surface area contributed by atoms with E-state index in [0.29, 0.717) is 13.2 Å². The number of carbonyl (C=O) groups excluding carboxylic acids is 1. The summed E-state index contributed by atoms with van der Waals surface area (Å²) >= 11 is 0. The van der Waals surface area contributed by atoms with E-state index < -0.39 is 0 Å². The predicted molar refractivity (Wildman–Crippen MR) is 93.2 cm³/mol. The lowest BCUT2D eigenvalue weighted by molar-refractivity contribution is 0.0947. The summed E-state index contributed by atoms with van der Waals surface area (Å²) in [4.78, 5) is 14.2. The Balaban J connectivity index is 0.00000220. The monoisotopic (exact) mass is 349 g/mol. The maximum Gasteiger partial charge on any atom is 0.251 e. The fourth-order valence-electron chi connectivity index (χ4n) is 2.26. The van der Waals surface area contributed by atoms with Crippen LogP contribution in [0.5, 0.6) is 0 Å². The van der Waals surface area contributed by atoms with E-state index in [4.69, 9.17) is 4.74 Å². The van der Waals surface area contributed by atoms with Gasteiger partial charge in [-0.3, -0.25) is 4.79 Å². The van der Waals surface area contributed by atoms with Crippen LogP contribution in [0.3, 0.4) is 0 Å². The molecule has 0 spiro atoms. The van der Waals surface area contributed by atoms with Gasteiger partial charge in [-0.1, -0.05) is 6.07 Å². The van der Waals surface area contributed by atoms with Crippen molar-refractivity contribution in [3.05, 3.63) is 34.9 Å². The molecule has 22 heavy (non-hydrogen) atoms. The lowest BCUT2D eigenvalue weighted by Crippen LogP contribution is -2.34. The number of likely N-dealkylation sites (N-methyl/N-ethyl adjacent to an activating group) is 1. The van der Waals surface area contributed by atoms with Crippen molar-refractivity contribution in [2.75, 3.05) is 40.4 Å². The largest absolute Gasteiger partial charge is 0.383 e. The molecule has 2 N–H and O–H groups in total. The molecule has 1 amide bonds. The number of benzene rings is 1. The molecule has 0 saturated carbocycles. The average Bonchev–Trinajstić information content (AvgIpc) is 2.92. The van der Waals surface area contributed by atoms with Crippen LogP contribution in [-0.4, -0.2) is 51.2 Å². The Labute approximate surface area is 144 Å². The molecule has 5 nitrogen and oxygen atoms in total. The lowest BCUT2D eigenvalue weighted by Gasteiger charge is -2.16.